The number of hydrogen-bond donors (Lipinski definition) is 0. The Morgan fingerprint density at radius 1 is 1.45 bits per heavy atom. The van der Waals surface area contributed by atoms with Crippen molar-refractivity contribution in [2.75, 3.05) is 5.88 Å². The maximum Gasteiger partial charge on any atom is 2.00 e. The van der Waals surface area contributed by atoms with Gasteiger partial charge in [0, 0.05) is 0 Å². The number of alkyl halides is 1. The Bertz CT molecular complexity index is 136. The molecule has 0 saturated heterocycles. The van der Waals surface area contributed by atoms with E-state index < -0.39 is 17.8 Å². The van der Waals surface area contributed by atoms with E-state index in [4.69, 9.17) is 19.8 Å². The number of carboxylic acid groups (broad SMARTS) is 2. The molecule has 0 bridgehead atoms. The van der Waals surface area contributed by atoms with E-state index in [0.29, 0.717) is 0 Å². The fourth-order valence-corrected chi connectivity index (χ4v) is 0. The van der Waals surface area contributed by atoms with E-state index in [9.17, 15) is 0 Å². The minimum Gasteiger partial charge on any atom is -0.549 e. The Hall–Kier alpha value is -0.511. The van der Waals surface area contributed by atoms with Gasteiger partial charge < -0.3 is 19.8 Å². The normalized spacial score (nSPS) is 6.27. The molecule has 0 amide bonds. The minimum absolute atomic E-state index is 0. The van der Waals surface area contributed by atoms with Crippen molar-refractivity contribution in [3.05, 3.63) is 12.7 Å². The molecule has 4 nitrogen and oxygen atoms in total. The summed E-state index contributed by atoms with van der Waals surface area (Å²) in [6.07, 6.45) is 0.722. The van der Waals surface area contributed by atoms with Crippen LogP contribution in [-0.2, 0) is 26.7 Å². The fourth-order valence-electron chi connectivity index (χ4n) is 0. The molecule has 0 unspecified atom stereocenters. The molecular formula is C5H5ClCuO4. The fraction of sp³-hybridized carbons (Fsp3) is 0.200. The first-order chi connectivity index (χ1) is 4.54. The smallest absolute Gasteiger partial charge is 0.549 e. The topological polar surface area (TPSA) is 80.3 Å². The zero-order valence-electron chi connectivity index (χ0n) is 5.30. The van der Waals surface area contributed by atoms with Crippen LogP contribution in [0.15, 0.2) is 12.7 Å². The molecule has 67 valence electrons. The average Bonchev–Trinajstić information content (AvgIpc) is 1.89. The first-order valence-corrected chi connectivity index (χ1v) is 2.67. The molecule has 0 aromatic carbocycles. The first kappa shape index (κ1) is 16.8. The van der Waals surface area contributed by atoms with E-state index in [-0.39, 0.29) is 17.1 Å². The van der Waals surface area contributed by atoms with E-state index in [1.807, 2.05) is 0 Å². The number of carbonyl (C=O) groups is 2. The molecule has 0 N–H and O–H groups in total. The van der Waals surface area contributed by atoms with Crippen molar-refractivity contribution in [3.63, 3.8) is 0 Å². The van der Waals surface area contributed by atoms with Crippen molar-refractivity contribution in [2.24, 2.45) is 0 Å². The van der Waals surface area contributed by atoms with Gasteiger partial charge >= 0.3 is 17.1 Å². The van der Waals surface area contributed by atoms with Crippen LogP contribution in [0.5, 0.6) is 0 Å². The van der Waals surface area contributed by atoms with Gasteiger partial charge in [0.05, 0.1) is 17.8 Å². The van der Waals surface area contributed by atoms with Crippen molar-refractivity contribution in [1.82, 2.24) is 0 Å². The van der Waals surface area contributed by atoms with Crippen LogP contribution in [-0.4, -0.2) is 17.8 Å². The third-order valence-electron chi connectivity index (χ3n) is 0.276. The number of carboxylic acids is 2. The second kappa shape index (κ2) is 12.2. The van der Waals surface area contributed by atoms with Crippen LogP contribution in [0.4, 0.5) is 0 Å². The number of carbonyl (C=O) groups excluding carboxylic acids is 2. The largest absolute Gasteiger partial charge is 2.00 e. The van der Waals surface area contributed by atoms with Gasteiger partial charge in [-0.15, -0.1) is 11.6 Å². The van der Waals surface area contributed by atoms with Crippen molar-refractivity contribution >= 4 is 23.5 Å². The summed E-state index contributed by atoms with van der Waals surface area (Å²) >= 11 is 4.67. The predicted molar refractivity (Wildman–Crippen MR) is 30.9 cm³/mol. The van der Waals surface area contributed by atoms with Crippen LogP contribution < -0.4 is 10.2 Å². The predicted octanol–water partition coefficient (Wildman–Crippen LogP) is -2.11. The Balaban J connectivity index is -0.000000107. The second-order valence-corrected chi connectivity index (χ2v) is 1.30. The van der Waals surface area contributed by atoms with Gasteiger partial charge in [0.15, 0.2) is 0 Å². The number of halogens is 1. The van der Waals surface area contributed by atoms with E-state index in [2.05, 4.69) is 18.2 Å². The minimum atomic E-state index is -1.23. The first-order valence-electron chi connectivity index (χ1n) is 2.13. The average molecular weight is 228 g/mol. The zero-order chi connectivity index (χ0) is 8.57. The molecule has 6 heteroatoms. The zero-order valence-corrected chi connectivity index (χ0v) is 7.00. The van der Waals surface area contributed by atoms with E-state index in [0.717, 1.165) is 6.08 Å². The summed E-state index contributed by atoms with van der Waals surface area (Å²) in [6, 6.07) is 0. The molecular weight excluding hydrogens is 223 g/mol. The molecule has 1 radical (unpaired) electrons. The summed E-state index contributed by atoms with van der Waals surface area (Å²) in [6.45, 7) is 2.90. The van der Waals surface area contributed by atoms with Crippen LogP contribution in [0.3, 0.4) is 0 Å². The van der Waals surface area contributed by atoms with Gasteiger partial charge in [-0.1, -0.05) is 6.58 Å². The summed E-state index contributed by atoms with van der Waals surface area (Å²) < 4.78 is 0. The standard InChI is InChI=1S/C3H4O2.C2H3ClO2.Cu/c1-2-3(4)5;3-1-2(4)5;/h2H,1H2,(H,4,5);1H2,(H,4,5);/q;;+2/p-2. The molecule has 0 spiro atoms. The van der Waals surface area contributed by atoms with Crippen LogP contribution in [0, 0.1) is 0 Å². The molecule has 0 aromatic rings. The Morgan fingerprint density at radius 3 is 1.64 bits per heavy atom. The van der Waals surface area contributed by atoms with E-state index in [1.54, 1.807) is 0 Å². The van der Waals surface area contributed by atoms with Crippen LogP contribution in [0.2, 0.25) is 0 Å². The van der Waals surface area contributed by atoms with Crippen molar-refractivity contribution < 1.29 is 36.9 Å². The molecule has 0 rings (SSSR count). The summed E-state index contributed by atoms with van der Waals surface area (Å²) in [4.78, 5) is 18.3. The monoisotopic (exact) mass is 227 g/mol. The van der Waals surface area contributed by atoms with Crippen LogP contribution >= 0.6 is 11.6 Å². The van der Waals surface area contributed by atoms with Gasteiger partial charge in [0.25, 0.3) is 0 Å². The van der Waals surface area contributed by atoms with Gasteiger partial charge in [-0.3, -0.25) is 0 Å². The Labute approximate surface area is 79.3 Å². The maximum atomic E-state index is 9.14. The molecule has 0 fully saturated rings. The molecule has 0 heterocycles. The summed E-state index contributed by atoms with van der Waals surface area (Å²) in [7, 11) is 0. The SMILES string of the molecule is C=CC(=O)[O-].O=C([O-])CCl.[Cu+2]. The third-order valence-corrected chi connectivity index (χ3v) is 0.494. The number of hydrogen-bond acceptors (Lipinski definition) is 4. The summed E-state index contributed by atoms with van der Waals surface area (Å²) in [5.41, 5.74) is 0. The quantitative estimate of drug-likeness (QED) is 0.308. The van der Waals surface area contributed by atoms with Crippen LogP contribution in [0.25, 0.3) is 0 Å². The molecule has 11 heavy (non-hydrogen) atoms. The van der Waals surface area contributed by atoms with E-state index in [1.165, 1.54) is 0 Å². The van der Waals surface area contributed by atoms with Gasteiger partial charge in [-0.05, 0) is 6.08 Å². The van der Waals surface area contributed by atoms with Gasteiger partial charge in [0.2, 0.25) is 0 Å². The number of rotatable bonds is 2. The molecule has 0 saturated carbocycles. The van der Waals surface area contributed by atoms with Gasteiger partial charge in [0.1, 0.15) is 0 Å². The van der Waals surface area contributed by atoms with Gasteiger partial charge in [-0.2, -0.15) is 0 Å². The Morgan fingerprint density at radius 2 is 1.64 bits per heavy atom. The van der Waals surface area contributed by atoms with E-state index >= 15 is 0 Å². The second-order valence-electron chi connectivity index (χ2n) is 1.03. The summed E-state index contributed by atoms with van der Waals surface area (Å²) in [5, 5.41) is 18.3. The molecule has 0 aliphatic heterocycles. The van der Waals surface area contributed by atoms with Crippen molar-refractivity contribution in [3.8, 4) is 0 Å². The molecule has 0 aliphatic carbocycles. The maximum absolute atomic E-state index is 9.14. The molecule has 0 atom stereocenters. The summed E-state index contributed by atoms with van der Waals surface area (Å²) in [5.74, 6) is -2.88. The van der Waals surface area contributed by atoms with Crippen molar-refractivity contribution in [2.45, 2.75) is 0 Å². The van der Waals surface area contributed by atoms with Crippen molar-refractivity contribution in [1.29, 1.82) is 0 Å². The van der Waals surface area contributed by atoms with Crippen LogP contribution in [0.1, 0.15) is 0 Å². The Kier molecular flexibility index (Phi) is 18.7. The molecule has 0 aliphatic rings. The third kappa shape index (κ3) is 43.7. The molecule has 0 aromatic heterocycles. The van der Waals surface area contributed by atoms with Gasteiger partial charge in [-0.25, -0.2) is 0 Å². The number of aliphatic carboxylic acids is 2.